The van der Waals surface area contributed by atoms with Gasteiger partial charge in [0, 0.05) is 12.2 Å². The molecule has 0 atom stereocenters. The molecule has 20 heavy (non-hydrogen) atoms. The van der Waals surface area contributed by atoms with E-state index in [9.17, 15) is 0 Å². The van der Waals surface area contributed by atoms with Gasteiger partial charge < -0.3 is 4.90 Å². The topological polar surface area (TPSA) is 40.3 Å². The lowest BCUT2D eigenvalue weighted by molar-refractivity contribution is 1.02. The lowest BCUT2D eigenvalue weighted by Gasteiger charge is -2.20. The molecule has 0 aromatic heterocycles. The molecule has 1 aromatic carbocycles. The molecule has 2 heterocycles. The number of halogens is 1. The van der Waals surface area contributed by atoms with E-state index in [2.05, 4.69) is 60.6 Å². The molecular formula is C14H13BrN4S. The van der Waals surface area contributed by atoms with Gasteiger partial charge in [-0.25, -0.2) is 9.98 Å². The van der Waals surface area contributed by atoms with E-state index < -0.39 is 0 Å². The molecule has 102 valence electrons. The third kappa shape index (κ3) is 2.71. The molecule has 0 radical (unpaired) electrons. The van der Waals surface area contributed by atoms with Gasteiger partial charge in [0.15, 0.2) is 5.84 Å². The van der Waals surface area contributed by atoms with Crippen LogP contribution >= 0.6 is 27.7 Å². The van der Waals surface area contributed by atoms with Crippen molar-refractivity contribution in [2.75, 3.05) is 17.3 Å². The molecule has 0 bridgehead atoms. The van der Waals surface area contributed by atoms with Crippen molar-refractivity contribution in [3.05, 3.63) is 42.1 Å². The average molecular weight is 349 g/mol. The fourth-order valence-electron chi connectivity index (χ4n) is 2.27. The molecule has 6 heteroatoms. The Labute approximate surface area is 130 Å². The lowest BCUT2D eigenvalue weighted by atomic mass is 10.2. The van der Waals surface area contributed by atoms with Crippen LogP contribution < -0.4 is 4.90 Å². The Kier molecular flexibility index (Phi) is 4.03. The van der Waals surface area contributed by atoms with E-state index in [1.807, 2.05) is 6.07 Å². The van der Waals surface area contributed by atoms with Gasteiger partial charge in [-0.1, -0.05) is 36.5 Å². The fourth-order valence-corrected chi connectivity index (χ4v) is 3.21. The van der Waals surface area contributed by atoms with Crippen LogP contribution in [0.5, 0.6) is 0 Å². The Bertz CT molecular complexity index is 636. The number of nitrogens with zero attached hydrogens (tertiary/aromatic N) is 4. The van der Waals surface area contributed by atoms with Crippen LogP contribution in [0.15, 0.2) is 51.5 Å². The zero-order valence-corrected chi connectivity index (χ0v) is 13.2. The van der Waals surface area contributed by atoms with Gasteiger partial charge in [0.2, 0.25) is 0 Å². The van der Waals surface area contributed by atoms with Crippen LogP contribution in [-0.4, -0.2) is 28.5 Å². The Morgan fingerprint density at radius 3 is 3.05 bits per heavy atom. The number of benzene rings is 1. The first kappa shape index (κ1) is 13.6. The molecule has 3 rings (SSSR count). The summed E-state index contributed by atoms with van der Waals surface area (Å²) in [5, 5.41) is 0. The van der Waals surface area contributed by atoms with E-state index in [0.717, 1.165) is 22.8 Å². The summed E-state index contributed by atoms with van der Waals surface area (Å²) in [5.41, 5.74) is 3.16. The largest absolute Gasteiger partial charge is 0.324 e. The maximum atomic E-state index is 4.45. The van der Waals surface area contributed by atoms with Crippen LogP contribution in [0.2, 0.25) is 0 Å². The number of para-hydroxylation sites is 1. The minimum absolute atomic E-state index is 0.602. The van der Waals surface area contributed by atoms with Crippen molar-refractivity contribution in [1.29, 1.82) is 0 Å². The van der Waals surface area contributed by atoms with Crippen LogP contribution in [0, 0.1) is 0 Å². The van der Waals surface area contributed by atoms with Gasteiger partial charge in [-0.05, 0) is 34.0 Å². The van der Waals surface area contributed by atoms with E-state index in [1.165, 1.54) is 23.0 Å². The second-order valence-electron chi connectivity index (χ2n) is 4.37. The average Bonchev–Trinajstić information content (AvgIpc) is 2.87. The summed E-state index contributed by atoms with van der Waals surface area (Å²) in [7, 11) is 0. The highest BCUT2D eigenvalue weighted by molar-refractivity contribution is 9.22. The van der Waals surface area contributed by atoms with Crippen LogP contribution in [-0.2, 0) is 6.42 Å². The summed E-state index contributed by atoms with van der Waals surface area (Å²) >= 11 is 4.94. The van der Waals surface area contributed by atoms with Gasteiger partial charge in [0.05, 0.1) is 5.88 Å². The van der Waals surface area contributed by atoms with Crippen molar-refractivity contribution in [3.8, 4) is 0 Å². The molecule has 1 aromatic rings. The summed E-state index contributed by atoms with van der Waals surface area (Å²) in [5.74, 6) is 1.36. The molecule has 0 N–H and O–H groups in total. The van der Waals surface area contributed by atoms with Crippen LogP contribution in [0.3, 0.4) is 0 Å². The number of hydrogen-bond donors (Lipinski definition) is 0. The van der Waals surface area contributed by atoms with Crippen LogP contribution in [0.25, 0.3) is 0 Å². The minimum Gasteiger partial charge on any atom is -0.324 e. The zero-order valence-electron chi connectivity index (χ0n) is 10.8. The van der Waals surface area contributed by atoms with Crippen LogP contribution in [0.4, 0.5) is 5.69 Å². The summed E-state index contributed by atoms with van der Waals surface area (Å²) in [6.45, 7) is 4.94. The van der Waals surface area contributed by atoms with E-state index in [1.54, 1.807) is 6.34 Å². The van der Waals surface area contributed by atoms with Gasteiger partial charge in [-0.15, -0.1) is 0 Å². The second-order valence-corrected chi connectivity index (χ2v) is 6.58. The molecular weight excluding hydrogens is 336 g/mol. The fraction of sp³-hybridized carbons (Fsp3) is 0.214. The van der Waals surface area contributed by atoms with Gasteiger partial charge in [0.25, 0.3) is 0 Å². The molecule has 0 saturated heterocycles. The maximum Gasteiger partial charge on any atom is 0.160 e. The predicted molar refractivity (Wildman–Crippen MR) is 91.4 cm³/mol. The smallest absolute Gasteiger partial charge is 0.160 e. The van der Waals surface area contributed by atoms with Crippen molar-refractivity contribution in [2.45, 2.75) is 6.42 Å². The first-order valence-electron chi connectivity index (χ1n) is 6.23. The highest BCUT2D eigenvalue weighted by Crippen LogP contribution is 2.29. The Morgan fingerprint density at radius 1 is 1.30 bits per heavy atom. The van der Waals surface area contributed by atoms with E-state index in [4.69, 9.17) is 0 Å². The molecule has 4 nitrogen and oxygen atoms in total. The molecule has 0 unspecified atom stereocenters. The highest BCUT2D eigenvalue weighted by atomic mass is 79.9. The maximum absolute atomic E-state index is 4.45. The van der Waals surface area contributed by atoms with Crippen molar-refractivity contribution in [1.82, 2.24) is 0 Å². The standard InChI is InChI=1S/C14H13BrN4S/c1-10-13(17-8-16-9-20-14(15)18-10)19-7-6-11-4-2-3-5-12(11)19/h2-5,8H,1,6-7,9H2/b16-8-,17-13?,18-14?. The molecule has 0 fully saturated rings. The first-order chi connectivity index (χ1) is 9.75. The summed E-state index contributed by atoms with van der Waals surface area (Å²) in [4.78, 5) is 15.3. The quantitative estimate of drug-likeness (QED) is 0.720. The van der Waals surface area contributed by atoms with Gasteiger partial charge in [-0.2, -0.15) is 0 Å². The number of anilines is 1. The normalized spacial score (nSPS) is 20.4. The molecule has 0 saturated carbocycles. The summed E-state index contributed by atoms with van der Waals surface area (Å²) in [6, 6.07) is 8.36. The number of rotatable bonds is 0. The minimum atomic E-state index is 0.602. The molecule has 2 aliphatic rings. The molecule has 0 aliphatic carbocycles. The third-order valence-corrected chi connectivity index (χ3v) is 4.62. The van der Waals surface area contributed by atoms with Gasteiger partial charge in [0.1, 0.15) is 16.0 Å². The molecule has 0 amide bonds. The highest BCUT2D eigenvalue weighted by Gasteiger charge is 2.24. The second kappa shape index (κ2) is 5.93. The van der Waals surface area contributed by atoms with Crippen molar-refractivity contribution >= 4 is 49.5 Å². The van der Waals surface area contributed by atoms with E-state index in [0.29, 0.717) is 11.6 Å². The Hall–Kier alpha value is -1.40. The summed E-state index contributed by atoms with van der Waals surface area (Å²) in [6.07, 6.45) is 2.61. The van der Waals surface area contributed by atoms with Gasteiger partial charge in [-0.3, -0.25) is 4.99 Å². The SMILES string of the molecule is C=C1N=C(Br)SC/N=C\N=C1N1CCc2ccccc21. The van der Waals surface area contributed by atoms with Crippen LogP contribution in [0.1, 0.15) is 5.56 Å². The zero-order chi connectivity index (χ0) is 13.9. The number of amidine groups is 1. The Balaban J connectivity index is 2.00. The lowest BCUT2D eigenvalue weighted by Crippen LogP contribution is -2.30. The molecule has 0 spiro atoms. The predicted octanol–water partition coefficient (Wildman–Crippen LogP) is 3.44. The van der Waals surface area contributed by atoms with Crippen molar-refractivity contribution in [2.24, 2.45) is 15.0 Å². The van der Waals surface area contributed by atoms with E-state index in [-0.39, 0.29) is 0 Å². The molecule has 2 aliphatic heterocycles. The Morgan fingerprint density at radius 2 is 2.15 bits per heavy atom. The first-order valence-corrected chi connectivity index (χ1v) is 8.01. The van der Waals surface area contributed by atoms with E-state index >= 15 is 0 Å². The number of aliphatic imine (C=N–C) groups is 3. The third-order valence-electron chi connectivity index (χ3n) is 3.14. The number of fused-ring (bicyclic) bond motifs is 1. The summed E-state index contributed by atoms with van der Waals surface area (Å²) < 4.78 is 0.779. The monoisotopic (exact) mass is 348 g/mol. The van der Waals surface area contributed by atoms with Crippen molar-refractivity contribution in [3.63, 3.8) is 0 Å². The number of hydrogen-bond acceptors (Lipinski definition) is 5. The van der Waals surface area contributed by atoms with Gasteiger partial charge >= 0.3 is 0 Å². The van der Waals surface area contributed by atoms with Crippen molar-refractivity contribution < 1.29 is 0 Å². The number of thioether (sulfide) groups is 1.